The minimum atomic E-state index is -0.964. The van der Waals surface area contributed by atoms with E-state index in [1.807, 2.05) is 13.0 Å². The summed E-state index contributed by atoms with van der Waals surface area (Å²) in [7, 11) is 0. The first-order valence-electron chi connectivity index (χ1n) is 5.11. The van der Waals surface area contributed by atoms with Crippen LogP contribution in [-0.4, -0.2) is 23.0 Å². The summed E-state index contributed by atoms with van der Waals surface area (Å²) in [5.74, 6) is -0.415. The Kier molecular flexibility index (Phi) is 4.57. The molecular formula is C11H15NO4. The molecule has 0 saturated heterocycles. The minimum Gasteiger partial charge on any atom is -0.481 e. The van der Waals surface area contributed by atoms with Crippen molar-refractivity contribution < 1.29 is 19.1 Å². The summed E-state index contributed by atoms with van der Waals surface area (Å²) in [6.07, 6.45) is 2.05. The molecule has 1 heterocycles. The second-order valence-corrected chi connectivity index (χ2v) is 3.65. The van der Waals surface area contributed by atoms with Crippen LogP contribution in [0.1, 0.15) is 25.5 Å². The second-order valence-electron chi connectivity index (χ2n) is 3.65. The Hall–Kier alpha value is -1.78. The van der Waals surface area contributed by atoms with Crippen LogP contribution in [0, 0.1) is 0 Å². The fourth-order valence-corrected chi connectivity index (χ4v) is 1.35. The number of amides is 1. The summed E-state index contributed by atoms with van der Waals surface area (Å²) in [5.41, 5.74) is 0. The predicted molar refractivity (Wildman–Crippen MR) is 56.9 cm³/mol. The number of carbonyl (C=O) groups is 2. The van der Waals surface area contributed by atoms with Crippen LogP contribution in [0.2, 0.25) is 0 Å². The third-order valence-electron chi connectivity index (χ3n) is 2.06. The van der Waals surface area contributed by atoms with Crippen LogP contribution in [0.25, 0.3) is 0 Å². The van der Waals surface area contributed by atoms with Crippen LogP contribution in [0.4, 0.5) is 0 Å². The van der Waals surface area contributed by atoms with Gasteiger partial charge in [0.2, 0.25) is 5.91 Å². The lowest BCUT2D eigenvalue weighted by Crippen LogP contribution is -2.34. The predicted octanol–water partition coefficient (Wildman–Crippen LogP) is 1.19. The van der Waals surface area contributed by atoms with Crippen molar-refractivity contribution in [3.8, 4) is 0 Å². The summed E-state index contributed by atoms with van der Waals surface area (Å²) in [5, 5.41) is 11.1. The summed E-state index contributed by atoms with van der Waals surface area (Å²) in [6.45, 7) is 1.85. The molecule has 16 heavy (non-hydrogen) atoms. The number of carboxylic acid groups (broad SMARTS) is 1. The maximum atomic E-state index is 11.3. The zero-order chi connectivity index (χ0) is 12.0. The molecule has 1 rings (SSSR count). The maximum Gasteiger partial charge on any atom is 0.303 e. The van der Waals surface area contributed by atoms with E-state index in [-0.39, 0.29) is 24.8 Å². The second kappa shape index (κ2) is 5.95. The van der Waals surface area contributed by atoms with Crippen LogP contribution in [0.15, 0.2) is 22.8 Å². The lowest BCUT2D eigenvalue weighted by molar-refractivity contribution is -0.138. The number of furan rings is 1. The first-order valence-corrected chi connectivity index (χ1v) is 5.11. The van der Waals surface area contributed by atoms with Crippen molar-refractivity contribution in [1.29, 1.82) is 0 Å². The van der Waals surface area contributed by atoms with E-state index in [2.05, 4.69) is 5.32 Å². The average molecular weight is 225 g/mol. The summed E-state index contributed by atoms with van der Waals surface area (Å²) < 4.78 is 5.14. The van der Waals surface area contributed by atoms with Gasteiger partial charge in [-0.1, -0.05) is 0 Å². The number of aliphatic carboxylic acids is 1. The van der Waals surface area contributed by atoms with Crippen molar-refractivity contribution in [2.75, 3.05) is 0 Å². The van der Waals surface area contributed by atoms with E-state index in [0.29, 0.717) is 6.42 Å². The zero-order valence-corrected chi connectivity index (χ0v) is 9.10. The summed E-state index contributed by atoms with van der Waals surface area (Å²) in [6, 6.07) is 3.56. The fraction of sp³-hybridized carbons (Fsp3) is 0.455. The lowest BCUT2D eigenvalue weighted by Gasteiger charge is -2.11. The average Bonchev–Trinajstić information content (AvgIpc) is 2.67. The van der Waals surface area contributed by atoms with Gasteiger partial charge in [0, 0.05) is 18.9 Å². The first-order chi connectivity index (χ1) is 7.58. The van der Waals surface area contributed by atoms with Gasteiger partial charge >= 0.3 is 5.97 Å². The molecule has 0 bridgehead atoms. The van der Waals surface area contributed by atoms with Crippen molar-refractivity contribution in [2.45, 2.75) is 32.2 Å². The highest BCUT2D eigenvalue weighted by molar-refractivity contribution is 5.80. The van der Waals surface area contributed by atoms with E-state index in [0.717, 1.165) is 5.76 Å². The van der Waals surface area contributed by atoms with Crippen molar-refractivity contribution in [2.24, 2.45) is 0 Å². The third kappa shape index (κ3) is 4.63. The van der Waals surface area contributed by atoms with Crippen LogP contribution in [0.5, 0.6) is 0 Å². The van der Waals surface area contributed by atoms with Crippen LogP contribution in [0.3, 0.4) is 0 Å². The fourth-order valence-electron chi connectivity index (χ4n) is 1.35. The van der Waals surface area contributed by atoms with Gasteiger partial charge in [0.05, 0.1) is 12.7 Å². The van der Waals surface area contributed by atoms with Gasteiger partial charge in [-0.25, -0.2) is 0 Å². The van der Waals surface area contributed by atoms with E-state index >= 15 is 0 Å². The van der Waals surface area contributed by atoms with Crippen molar-refractivity contribution in [3.05, 3.63) is 24.2 Å². The molecule has 1 aromatic rings. The van der Waals surface area contributed by atoms with Crippen molar-refractivity contribution >= 4 is 11.9 Å². The molecule has 5 heteroatoms. The maximum absolute atomic E-state index is 11.3. The molecule has 0 spiro atoms. The van der Waals surface area contributed by atoms with Gasteiger partial charge in [-0.15, -0.1) is 0 Å². The SMILES string of the molecule is CC(Cc1ccco1)NC(=O)CCC(=O)O. The number of rotatable bonds is 6. The number of carboxylic acids is 1. The van der Waals surface area contributed by atoms with Crippen LogP contribution >= 0.6 is 0 Å². The van der Waals surface area contributed by atoms with Gasteiger partial charge in [0.15, 0.2) is 0 Å². The number of hydrogen-bond donors (Lipinski definition) is 2. The van der Waals surface area contributed by atoms with Gasteiger partial charge in [-0.2, -0.15) is 0 Å². The Morgan fingerprint density at radius 1 is 1.50 bits per heavy atom. The van der Waals surface area contributed by atoms with E-state index in [9.17, 15) is 9.59 Å². The molecule has 5 nitrogen and oxygen atoms in total. The van der Waals surface area contributed by atoms with Crippen molar-refractivity contribution in [1.82, 2.24) is 5.32 Å². The quantitative estimate of drug-likeness (QED) is 0.762. The molecular weight excluding hydrogens is 210 g/mol. The van der Waals surface area contributed by atoms with E-state index in [4.69, 9.17) is 9.52 Å². The molecule has 0 aromatic carbocycles. The normalized spacial score (nSPS) is 12.1. The Balaban J connectivity index is 2.25. The highest BCUT2D eigenvalue weighted by Gasteiger charge is 2.10. The van der Waals surface area contributed by atoms with Gasteiger partial charge in [-0.05, 0) is 19.1 Å². The topological polar surface area (TPSA) is 79.5 Å². The van der Waals surface area contributed by atoms with Crippen LogP contribution in [-0.2, 0) is 16.0 Å². The Morgan fingerprint density at radius 2 is 2.25 bits per heavy atom. The third-order valence-corrected chi connectivity index (χ3v) is 2.06. The highest BCUT2D eigenvalue weighted by Crippen LogP contribution is 2.04. The first kappa shape index (κ1) is 12.3. The molecule has 1 amide bonds. The van der Waals surface area contributed by atoms with E-state index in [1.54, 1.807) is 12.3 Å². The number of nitrogens with one attached hydrogen (secondary N) is 1. The molecule has 0 aliphatic carbocycles. The molecule has 0 aliphatic rings. The molecule has 0 radical (unpaired) electrons. The lowest BCUT2D eigenvalue weighted by atomic mass is 10.2. The zero-order valence-electron chi connectivity index (χ0n) is 9.10. The molecule has 88 valence electrons. The Labute approximate surface area is 93.4 Å². The van der Waals surface area contributed by atoms with E-state index < -0.39 is 5.97 Å². The Morgan fingerprint density at radius 3 is 2.81 bits per heavy atom. The van der Waals surface area contributed by atoms with Gasteiger partial charge in [0.1, 0.15) is 5.76 Å². The highest BCUT2D eigenvalue weighted by atomic mass is 16.4. The van der Waals surface area contributed by atoms with Crippen LogP contribution < -0.4 is 5.32 Å². The standard InChI is InChI=1S/C11H15NO4/c1-8(7-9-3-2-6-16-9)12-10(13)4-5-11(14)15/h2-3,6,8H,4-5,7H2,1H3,(H,12,13)(H,14,15). The van der Waals surface area contributed by atoms with Gasteiger partial charge in [0.25, 0.3) is 0 Å². The van der Waals surface area contributed by atoms with Gasteiger partial charge in [-0.3, -0.25) is 9.59 Å². The molecule has 0 fully saturated rings. The number of carbonyl (C=O) groups excluding carboxylic acids is 1. The molecule has 2 N–H and O–H groups in total. The molecule has 0 saturated carbocycles. The van der Waals surface area contributed by atoms with E-state index in [1.165, 1.54) is 0 Å². The molecule has 0 aliphatic heterocycles. The smallest absolute Gasteiger partial charge is 0.303 e. The van der Waals surface area contributed by atoms with Gasteiger partial charge < -0.3 is 14.8 Å². The van der Waals surface area contributed by atoms with Crippen molar-refractivity contribution in [3.63, 3.8) is 0 Å². The molecule has 1 unspecified atom stereocenters. The molecule has 1 atom stereocenters. The largest absolute Gasteiger partial charge is 0.481 e. The monoisotopic (exact) mass is 225 g/mol. The Bertz CT molecular complexity index is 345. The summed E-state index contributed by atoms with van der Waals surface area (Å²) >= 11 is 0. The molecule has 1 aromatic heterocycles. The number of hydrogen-bond acceptors (Lipinski definition) is 3. The minimum absolute atomic E-state index is 0.0117. The summed E-state index contributed by atoms with van der Waals surface area (Å²) in [4.78, 5) is 21.5.